The van der Waals surface area contributed by atoms with E-state index >= 15 is 0 Å². The van der Waals surface area contributed by atoms with Gasteiger partial charge in [-0.05, 0) is 78.3 Å². The van der Waals surface area contributed by atoms with Crippen LogP contribution in [0.15, 0.2) is 66.7 Å². The number of alkyl halides is 2. The number of ether oxygens (including phenoxy) is 1. The van der Waals surface area contributed by atoms with Crippen LogP contribution >= 0.6 is 11.6 Å². The molecule has 2 saturated heterocycles. The van der Waals surface area contributed by atoms with Crippen LogP contribution in [0, 0.1) is 12.8 Å². The highest BCUT2D eigenvalue weighted by atomic mass is 35.5. The van der Waals surface area contributed by atoms with Gasteiger partial charge in [-0.15, -0.1) is 0 Å². The van der Waals surface area contributed by atoms with Crippen molar-refractivity contribution in [3.05, 3.63) is 99.8 Å². The summed E-state index contributed by atoms with van der Waals surface area (Å²) in [4.78, 5) is 24.3. The van der Waals surface area contributed by atoms with Crippen molar-refractivity contribution >= 4 is 40.0 Å². The fraction of sp³-hybridized carbons (Fsp3) is 0.341. The van der Waals surface area contributed by atoms with Gasteiger partial charge in [0.15, 0.2) is 5.82 Å². The zero-order valence-corrected chi connectivity index (χ0v) is 30.2. The van der Waals surface area contributed by atoms with E-state index in [9.17, 15) is 23.8 Å². The maximum absolute atomic E-state index is 14.1. The molecule has 1 aliphatic carbocycles. The van der Waals surface area contributed by atoms with E-state index in [1.807, 2.05) is 67.6 Å². The molecule has 8 rings (SSSR count). The standard InChI is InChI=1S/C41H40ClF2N5O4/c1-22-28(5-4-8-32(22)45-39-31-11-9-23(18-48-14-13-27(50)21-48)15-33(31)46-40(47-39)38(43)44)30-7-3-6-29(37(30)42)25-16-24-10-12-34(36(24)35(17-25)53-2)49-19-26(20-49)41(51)52/h3-9,11,15-17,26-27,34,38,50H,10,12-14,18-21H2,1-2H3,(H,51,52)(H,45,46,47). The molecule has 0 spiro atoms. The number of aliphatic hydroxyl groups excluding tert-OH is 1. The molecule has 0 bridgehead atoms. The Kier molecular flexibility index (Phi) is 9.53. The Morgan fingerprint density at radius 2 is 1.79 bits per heavy atom. The van der Waals surface area contributed by atoms with Crippen molar-refractivity contribution in [2.75, 3.05) is 38.6 Å². The van der Waals surface area contributed by atoms with E-state index in [0.29, 0.717) is 54.2 Å². The Balaban J connectivity index is 1.10. The van der Waals surface area contributed by atoms with Crippen LogP contribution in [0.4, 0.5) is 20.3 Å². The number of likely N-dealkylation sites (tertiary alicyclic amines) is 2. The van der Waals surface area contributed by atoms with Crippen LogP contribution in [0.3, 0.4) is 0 Å². The number of β-amino-alcohol motifs (C(OH)–C–C–N with tert-alkyl or cyclic N) is 1. The molecule has 12 heteroatoms. The second-order valence-corrected chi connectivity index (χ2v) is 14.7. The minimum Gasteiger partial charge on any atom is -0.496 e. The molecule has 0 saturated carbocycles. The molecule has 9 nitrogen and oxygen atoms in total. The number of carboxylic acid groups (broad SMARTS) is 1. The number of anilines is 2. The third-order valence-corrected chi connectivity index (χ3v) is 11.4. The molecule has 3 heterocycles. The van der Waals surface area contributed by atoms with Crippen molar-refractivity contribution in [2.45, 2.75) is 51.3 Å². The Labute approximate surface area is 311 Å². The highest BCUT2D eigenvalue weighted by Gasteiger charge is 2.41. The first-order valence-corrected chi connectivity index (χ1v) is 18.3. The predicted octanol–water partition coefficient (Wildman–Crippen LogP) is 8.19. The number of fused-ring (bicyclic) bond motifs is 2. The molecule has 0 radical (unpaired) electrons. The number of halogens is 3. The van der Waals surface area contributed by atoms with Gasteiger partial charge in [0, 0.05) is 66.5 Å². The molecule has 2 atom stereocenters. The number of hydrogen-bond donors (Lipinski definition) is 3. The second kappa shape index (κ2) is 14.3. The van der Waals surface area contributed by atoms with E-state index in [4.69, 9.17) is 16.3 Å². The molecule has 3 aliphatic rings. The number of carbonyl (C=O) groups is 1. The van der Waals surface area contributed by atoms with Crippen molar-refractivity contribution in [1.29, 1.82) is 0 Å². The first kappa shape index (κ1) is 35.4. The SMILES string of the molecule is COc1cc(-c2cccc(-c3cccc(Nc4nc(C(F)F)nc5cc(CN6CCC(O)C6)ccc45)c3C)c2Cl)cc2c1C(N1CC(C(=O)O)C1)CC2. The average molecular weight is 740 g/mol. The van der Waals surface area contributed by atoms with Gasteiger partial charge in [0.1, 0.15) is 11.6 Å². The number of methoxy groups -OCH3 is 1. The Hall–Kier alpha value is -4.68. The molecule has 1 aromatic heterocycles. The smallest absolute Gasteiger partial charge is 0.309 e. The lowest BCUT2D eigenvalue weighted by atomic mass is 9.92. The summed E-state index contributed by atoms with van der Waals surface area (Å²) in [6.07, 6.45) is -0.722. The summed E-state index contributed by atoms with van der Waals surface area (Å²) in [6.45, 7) is 5.00. The summed E-state index contributed by atoms with van der Waals surface area (Å²) in [5, 5.41) is 23.9. The van der Waals surface area contributed by atoms with Gasteiger partial charge < -0.3 is 20.3 Å². The van der Waals surface area contributed by atoms with Crippen LogP contribution in [-0.4, -0.2) is 75.3 Å². The quantitative estimate of drug-likeness (QED) is 0.131. The fourth-order valence-corrected chi connectivity index (χ4v) is 8.51. The van der Waals surface area contributed by atoms with Gasteiger partial charge >= 0.3 is 5.97 Å². The van der Waals surface area contributed by atoms with E-state index in [1.165, 1.54) is 5.56 Å². The zero-order valence-electron chi connectivity index (χ0n) is 29.5. The van der Waals surface area contributed by atoms with Crippen molar-refractivity contribution in [3.63, 3.8) is 0 Å². The normalized spacial score (nSPS) is 19.2. The number of aliphatic hydroxyl groups is 1. The fourth-order valence-electron chi connectivity index (χ4n) is 8.17. The average Bonchev–Trinajstić information content (AvgIpc) is 3.73. The lowest BCUT2D eigenvalue weighted by molar-refractivity contribution is -0.148. The minimum atomic E-state index is -2.85. The highest BCUT2D eigenvalue weighted by molar-refractivity contribution is 6.36. The molecule has 2 fully saturated rings. The number of benzene rings is 4. The third-order valence-electron chi connectivity index (χ3n) is 11.0. The number of carboxylic acids is 1. The lowest BCUT2D eigenvalue weighted by Gasteiger charge is -2.41. The molecule has 5 aromatic rings. The molecule has 4 aromatic carbocycles. The Morgan fingerprint density at radius 1 is 1.02 bits per heavy atom. The molecular formula is C41H40ClF2N5O4. The van der Waals surface area contributed by atoms with Gasteiger partial charge in [-0.25, -0.2) is 18.7 Å². The molecule has 2 unspecified atom stereocenters. The Morgan fingerprint density at radius 3 is 2.53 bits per heavy atom. The first-order chi connectivity index (χ1) is 25.6. The summed E-state index contributed by atoms with van der Waals surface area (Å²) in [7, 11) is 1.66. The van der Waals surface area contributed by atoms with Gasteiger partial charge in [0.25, 0.3) is 6.43 Å². The number of hydrogen-bond acceptors (Lipinski definition) is 8. The molecular weight excluding hydrogens is 700 g/mol. The van der Waals surface area contributed by atoms with Gasteiger partial charge in [-0.1, -0.05) is 54.1 Å². The summed E-state index contributed by atoms with van der Waals surface area (Å²) >= 11 is 7.24. The van der Waals surface area contributed by atoms with Crippen LogP contribution in [-0.2, 0) is 17.8 Å². The zero-order chi connectivity index (χ0) is 37.0. The monoisotopic (exact) mass is 739 g/mol. The summed E-state index contributed by atoms with van der Waals surface area (Å²) < 4.78 is 34.1. The lowest BCUT2D eigenvalue weighted by Crippen LogP contribution is -2.51. The maximum Gasteiger partial charge on any atom is 0.309 e. The molecule has 53 heavy (non-hydrogen) atoms. The minimum absolute atomic E-state index is 0.125. The highest BCUT2D eigenvalue weighted by Crippen LogP contribution is 2.48. The largest absolute Gasteiger partial charge is 0.496 e. The summed E-state index contributed by atoms with van der Waals surface area (Å²) in [5.74, 6) is -0.572. The summed E-state index contributed by atoms with van der Waals surface area (Å²) in [5.41, 5.74) is 8.68. The molecule has 3 N–H and O–H groups in total. The van der Waals surface area contributed by atoms with E-state index in [1.54, 1.807) is 7.11 Å². The van der Waals surface area contributed by atoms with Crippen LogP contribution in [0.5, 0.6) is 5.75 Å². The first-order valence-electron chi connectivity index (χ1n) is 17.9. The second-order valence-electron chi connectivity index (χ2n) is 14.3. The van der Waals surface area contributed by atoms with Crippen LogP contribution in [0.1, 0.15) is 53.4 Å². The number of aromatic nitrogens is 2. The molecule has 2 aliphatic heterocycles. The Bertz CT molecular complexity index is 2230. The number of aryl methyl sites for hydroxylation is 1. The topological polar surface area (TPSA) is 111 Å². The van der Waals surface area contributed by atoms with Crippen molar-refractivity contribution < 1.29 is 28.5 Å². The van der Waals surface area contributed by atoms with Crippen LogP contribution < -0.4 is 10.1 Å². The summed E-state index contributed by atoms with van der Waals surface area (Å²) in [6, 6.07) is 21.6. The van der Waals surface area contributed by atoms with Crippen molar-refractivity contribution in [2.24, 2.45) is 5.92 Å². The molecule has 0 amide bonds. The van der Waals surface area contributed by atoms with E-state index < -0.39 is 18.2 Å². The third kappa shape index (κ3) is 6.71. The maximum atomic E-state index is 14.1. The number of nitrogens with one attached hydrogen (secondary N) is 1. The van der Waals surface area contributed by atoms with E-state index in [0.717, 1.165) is 64.1 Å². The van der Waals surface area contributed by atoms with Gasteiger partial charge in [0.05, 0.1) is 29.7 Å². The van der Waals surface area contributed by atoms with Crippen molar-refractivity contribution in [1.82, 2.24) is 19.8 Å². The predicted molar refractivity (Wildman–Crippen MR) is 201 cm³/mol. The molecule has 274 valence electrons. The van der Waals surface area contributed by atoms with E-state index in [-0.39, 0.29) is 23.9 Å². The number of nitrogens with zero attached hydrogens (tertiary/aromatic N) is 4. The van der Waals surface area contributed by atoms with Crippen LogP contribution in [0.2, 0.25) is 5.02 Å². The number of aliphatic carboxylic acids is 1. The van der Waals surface area contributed by atoms with E-state index in [2.05, 4.69) is 31.2 Å². The van der Waals surface area contributed by atoms with Crippen LogP contribution in [0.25, 0.3) is 33.2 Å². The van der Waals surface area contributed by atoms with Gasteiger partial charge in [-0.3, -0.25) is 14.6 Å². The number of rotatable bonds is 10. The van der Waals surface area contributed by atoms with Gasteiger partial charge in [0.2, 0.25) is 0 Å². The van der Waals surface area contributed by atoms with Gasteiger partial charge in [-0.2, -0.15) is 0 Å². The van der Waals surface area contributed by atoms with Crippen molar-refractivity contribution in [3.8, 4) is 28.0 Å².